The Balaban J connectivity index is 2.21. The van der Waals surface area contributed by atoms with Gasteiger partial charge in [0, 0.05) is 5.56 Å². The van der Waals surface area contributed by atoms with Crippen molar-refractivity contribution in [2.75, 3.05) is 0 Å². The summed E-state index contributed by atoms with van der Waals surface area (Å²) >= 11 is 7.11. The van der Waals surface area contributed by atoms with Crippen molar-refractivity contribution in [2.24, 2.45) is 0 Å². The zero-order valence-corrected chi connectivity index (χ0v) is 9.85. The highest BCUT2D eigenvalue weighted by molar-refractivity contribution is 9.10. The van der Waals surface area contributed by atoms with Crippen LogP contribution in [0.25, 0.3) is 0 Å². The molecule has 1 aliphatic rings. The molecule has 0 radical (unpaired) electrons. The monoisotopic (exact) mass is 272 g/mol. The normalized spacial score (nSPS) is 15.3. The first-order valence-corrected chi connectivity index (χ1v) is 5.60. The Hall–Kier alpha value is -0.480. The van der Waals surface area contributed by atoms with Crippen LogP contribution in [0.5, 0.6) is 5.75 Å². The van der Waals surface area contributed by atoms with E-state index in [2.05, 4.69) is 28.6 Å². The van der Waals surface area contributed by atoms with Gasteiger partial charge in [-0.3, -0.25) is 4.79 Å². The van der Waals surface area contributed by atoms with Gasteiger partial charge in [0.1, 0.15) is 5.75 Å². The lowest BCUT2D eigenvalue weighted by Gasteiger charge is -2.07. The zero-order valence-electron chi connectivity index (χ0n) is 7.37. The van der Waals surface area contributed by atoms with Crippen LogP contribution >= 0.6 is 28.6 Å². The number of carbonyl (C=O) groups is 1. The van der Waals surface area contributed by atoms with Crippen molar-refractivity contribution in [3.63, 3.8) is 0 Å². The van der Waals surface area contributed by atoms with E-state index in [1.807, 2.05) is 0 Å². The number of thiol groups is 1. The van der Waals surface area contributed by atoms with Crippen LogP contribution < -0.4 is 4.74 Å². The SMILES string of the molecule is O=C(S)c1ccc(OC2CC2)c(Br)c1. The molecule has 0 heterocycles. The third-order valence-corrected chi connectivity index (χ3v) is 2.87. The van der Waals surface area contributed by atoms with E-state index in [-0.39, 0.29) is 5.12 Å². The maximum Gasteiger partial charge on any atom is 0.216 e. The van der Waals surface area contributed by atoms with E-state index in [1.54, 1.807) is 18.2 Å². The average Bonchev–Trinajstić information content (AvgIpc) is 2.92. The fourth-order valence-electron chi connectivity index (χ4n) is 1.09. The van der Waals surface area contributed by atoms with Gasteiger partial charge in [-0.25, -0.2) is 0 Å². The quantitative estimate of drug-likeness (QED) is 0.857. The molecule has 0 bridgehead atoms. The number of hydrogen-bond donors (Lipinski definition) is 1. The molecule has 0 aliphatic heterocycles. The van der Waals surface area contributed by atoms with Gasteiger partial charge in [0.05, 0.1) is 10.6 Å². The predicted molar refractivity (Wildman–Crippen MR) is 61.1 cm³/mol. The lowest BCUT2D eigenvalue weighted by atomic mass is 10.2. The van der Waals surface area contributed by atoms with Crippen LogP contribution in [0.3, 0.4) is 0 Å². The molecule has 0 atom stereocenters. The van der Waals surface area contributed by atoms with Crippen molar-refractivity contribution in [3.8, 4) is 5.75 Å². The molecule has 1 aromatic carbocycles. The van der Waals surface area contributed by atoms with E-state index in [9.17, 15) is 4.79 Å². The molecular formula is C10H9BrO2S. The minimum absolute atomic E-state index is 0.233. The van der Waals surface area contributed by atoms with Crippen molar-refractivity contribution in [1.82, 2.24) is 0 Å². The van der Waals surface area contributed by atoms with Gasteiger partial charge in [0.15, 0.2) is 0 Å². The number of hydrogen-bond acceptors (Lipinski definition) is 2. The second-order valence-corrected chi connectivity index (χ2v) is 4.53. The minimum Gasteiger partial charge on any atom is -0.489 e. The van der Waals surface area contributed by atoms with Gasteiger partial charge in [-0.05, 0) is 47.0 Å². The molecule has 14 heavy (non-hydrogen) atoms. The van der Waals surface area contributed by atoms with Gasteiger partial charge in [-0.1, -0.05) is 0 Å². The van der Waals surface area contributed by atoms with Gasteiger partial charge in [0.2, 0.25) is 5.12 Å². The van der Waals surface area contributed by atoms with E-state index >= 15 is 0 Å². The van der Waals surface area contributed by atoms with Crippen molar-refractivity contribution in [1.29, 1.82) is 0 Å². The summed E-state index contributed by atoms with van der Waals surface area (Å²) in [5.74, 6) is 0.797. The molecule has 0 saturated heterocycles. The van der Waals surface area contributed by atoms with Crippen LogP contribution in [-0.2, 0) is 0 Å². The Kier molecular flexibility index (Phi) is 2.83. The molecule has 1 fully saturated rings. The van der Waals surface area contributed by atoms with Crippen LogP contribution in [0.1, 0.15) is 23.2 Å². The maximum atomic E-state index is 10.9. The van der Waals surface area contributed by atoms with E-state index in [1.165, 1.54) is 0 Å². The Morgan fingerprint density at radius 3 is 2.71 bits per heavy atom. The number of ether oxygens (including phenoxy) is 1. The van der Waals surface area contributed by atoms with Gasteiger partial charge in [-0.15, -0.1) is 12.6 Å². The van der Waals surface area contributed by atoms with E-state index in [4.69, 9.17) is 4.74 Å². The smallest absolute Gasteiger partial charge is 0.216 e. The Labute approximate surface area is 96.2 Å². The van der Waals surface area contributed by atoms with Crippen LogP contribution in [0.2, 0.25) is 0 Å². The fourth-order valence-corrected chi connectivity index (χ4v) is 1.71. The van der Waals surface area contributed by atoms with E-state index < -0.39 is 0 Å². The summed E-state index contributed by atoms with van der Waals surface area (Å²) in [4.78, 5) is 10.9. The third kappa shape index (κ3) is 2.30. The lowest BCUT2D eigenvalue weighted by Crippen LogP contribution is -1.97. The van der Waals surface area contributed by atoms with Crippen molar-refractivity contribution in [3.05, 3.63) is 28.2 Å². The molecule has 1 aliphatic carbocycles. The van der Waals surface area contributed by atoms with Gasteiger partial charge in [0.25, 0.3) is 0 Å². The summed E-state index contributed by atoms with van der Waals surface area (Å²) in [6.07, 6.45) is 2.61. The summed E-state index contributed by atoms with van der Waals surface area (Å²) in [6, 6.07) is 5.25. The largest absolute Gasteiger partial charge is 0.489 e. The molecule has 0 amide bonds. The summed E-state index contributed by atoms with van der Waals surface area (Å²) in [7, 11) is 0. The predicted octanol–water partition coefficient (Wildman–Crippen LogP) is 3.06. The van der Waals surface area contributed by atoms with Crippen LogP contribution in [0.4, 0.5) is 0 Å². The van der Waals surface area contributed by atoms with Crippen LogP contribution in [-0.4, -0.2) is 11.2 Å². The van der Waals surface area contributed by atoms with Crippen LogP contribution in [0, 0.1) is 0 Å². The molecule has 0 spiro atoms. The molecule has 1 aromatic rings. The highest BCUT2D eigenvalue weighted by Gasteiger charge is 2.24. The summed E-state index contributed by atoms with van der Waals surface area (Å²) in [6.45, 7) is 0. The summed E-state index contributed by atoms with van der Waals surface area (Å²) in [5.41, 5.74) is 0.573. The Bertz CT molecular complexity index is 374. The minimum atomic E-state index is -0.233. The van der Waals surface area contributed by atoms with Gasteiger partial charge >= 0.3 is 0 Å². The summed E-state index contributed by atoms with van der Waals surface area (Å²) in [5, 5.41) is -0.233. The van der Waals surface area contributed by atoms with Crippen molar-refractivity contribution in [2.45, 2.75) is 18.9 Å². The highest BCUT2D eigenvalue weighted by Crippen LogP contribution is 2.32. The molecule has 0 aromatic heterocycles. The van der Waals surface area contributed by atoms with Crippen molar-refractivity contribution >= 4 is 33.7 Å². The molecular weight excluding hydrogens is 264 g/mol. The first-order valence-electron chi connectivity index (χ1n) is 4.36. The van der Waals surface area contributed by atoms with Gasteiger partial charge < -0.3 is 4.74 Å². The van der Waals surface area contributed by atoms with Gasteiger partial charge in [-0.2, -0.15) is 0 Å². The van der Waals surface area contributed by atoms with Crippen LogP contribution in [0.15, 0.2) is 22.7 Å². The number of benzene rings is 1. The first-order chi connectivity index (χ1) is 6.66. The third-order valence-electron chi connectivity index (χ3n) is 2.00. The Morgan fingerprint density at radius 1 is 1.50 bits per heavy atom. The number of carbonyl (C=O) groups excluding carboxylic acids is 1. The second-order valence-electron chi connectivity index (χ2n) is 3.27. The summed E-state index contributed by atoms with van der Waals surface area (Å²) < 4.78 is 6.42. The number of halogens is 1. The Morgan fingerprint density at radius 2 is 2.21 bits per heavy atom. The molecule has 74 valence electrons. The molecule has 1 saturated carbocycles. The lowest BCUT2D eigenvalue weighted by molar-refractivity contribution is 0.109. The standard InChI is InChI=1S/C10H9BrO2S/c11-8-5-6(10(12)14)1-4-9(8)13-7-2-3-7/h1,4-5,7H,2-3H2,(H,12,14). The maximum absolute atomic E-state index is 10.9. The molecule has 2 nitrogen and oxygen atoms in total. The van der Waals surface area contributed by atoms with Crippen molar-refractivity contribution < 1.29 is 9.53 Å². The topological polar surface area (TPSA) is 26.3 Å². The molecule has 2 rings (SSSR count). The molecule has 4 heteroatoms. The second kappa shape index (κ2) is 3.95. The van der Waals surface area contributed by atoms with E-state index in [0.29, 0.717) is 11.7 Å². The fraction of sp³-hybridized carbons (Fsp3) is 0.300. The average molecular weight is 273 g/mol. The molecule has 0 N–H and O–H groups in total. The first kappa shape index (κ1) is 10.1. The zero-order chi connectivity index (χ0) is 10.1. The van der Waals surface area contributed by atoms with E-state index in [0.717, 1.165) is 23.1 Å². The highest BCUT2D eigenvalue weighted by atomic mass is 79.9. The number of rotatable bonds is 3. The molecule has 0 unspecified atom stereocenters.